The highest BCUT2D eigenvalue weighted by atomic mass is 35.5. The fraction of sp³-hybridized carbons (Fsp3) is 0.263. The predicted octanol–water partition coefficient (Wildman–Crippen LogP) is 3.82. The highest BCUT2D eigenvalue weighted by molar-refractivity contribution is 6.31. The van der Waals surface area contributed by atoms with E-state index in [1.807, 2.05) is 37.3 Å². The molecular formula is C19H20ClN3O2. The maximum absolute atomic E-state index is 12.8. The van der Waals surface area contributed by atoms with E-state index >= 15 is 0 Å². The van der Waals surface area contributed by atoms with Crippen LogP contribution in [-0.4, -0.2) is 23.9 Å². The summed E-state index contributed by atoms with van der Waals surface area (Å²) in [4.78, 5) is 26.8. The van der Waals surface area contributed by atoms with Crippen molar-refractivity contribution < 1.29 is 9.59 Å². The van der Waals surface area contributed by atoms with E-state index in [1.165, 1.54) is 4.90 Å². The van der Waals surface area contributed by atoms with Crippen LogP contribution in [0.5, 0.6) is 0 Å². The third-order valence-corrected chi connectivity index (χ3v) is 4.43. The van der Waals surface area contributed by atoms with Gasteiger partial charge in [-0.15, -0.1) is 0 Å². The first-order chi connectivity index (χ1) is 11.8. The second-order valence-corrected chi connectivity index (χ2v) is 7.10. The van der Waals surface area contributed by atoms with Crippen LogP contribution in [0.3, 0.4) is 0 Å². The van der Waals surface area contributed by atoms with E-state index in [2.05, 4.69) is 10.6 Å². The molecular weight excluding hydrogens is 338 g/mol. The zero-order valence-corrected chi connectivity index (χ0v) is 15.1. The third kappa shape index (κ3) is 3.46. The summed E-state index contributed by atoms with van der Waals surface area (Å²) in [6.07, 6.45) is 0. The van der Waals surface area contributed by atoms with Gasteiger partial charge in [-0.05, 0) is 50.6 Å². The summed E-state index contributed by atoms with van der Waals surface area (Å²) < 4.78 is 0. The zero-order valence-electron chi connectivity index (χ0n) is 14.4. The second kappa shape index (κ2) is 6.41. The molecule has 1 aliphatic rings. The Hall–Kier alpha value is -2.53. The van der Waals surface area contributed by atoms with Crippen molar-refractivity contribution in [3.05, 3.63) is 53.1 Å². The van der Waals surface area contributed by atoms with E-state index in [9.17, 15) is 9.59 Å². The van der Waals surface area contributed by atoms with Crippen LogP contribution in [0.4, 0.5) is 17.1 Å². The predicted molar refractivity (Wildman–Crippen MR) is 101 cm³/mol. The average Bonchev–Trinajstić information content (AvgIpc) is 2.55. The molecule has 0 fully saturated rings. The minimum absolute atomic E-state index is 0.0626. The molecule has 6 heteroatoms. The molecule has 0 spiro atoms. The zero-order chi connectivity index (χ0) is 18.2. The van der Waals surface area contributed by atoms with Crippen LogP contribution < -0.4 is 15.5 Å². The van der Waals surface area contributed by atoms with Crippen molar-refractivity contribution in [1.82, 2.24) is 0 Å². The van der Waals surface area contributed by atoms with Gasteiger partial charge in [0.2, 0.25) is 5.91 Å². The minimum Gasteiger partial charge on any atom is -0.370 e. The molecule has 1 aliphatic heterocycles. The number of fused-ring (bicyclic) bond motifs is 1. The molecule has 2 aromatic rings. The Kier molecular flexibility index (Phi) is 4.43. The largest absolute Gasteiger partial charge is 0.370 e. The smallest absolute Gasteiger partial charge is 0.252 e. The third-order valence-electron chi connectivity index (χ3n) is 4.20. The number of carbonyl (C=O) groups is 2. The maximum Gasteiger partial charge on any atom is 0.252 e. The molecule has 130 valence electrons. The summed E-state index contributed by atoms with van der Waals surface area (Å²) >= 11 is 6.00. The number of rotatable bonds is 3. The number of hydrogen-bond donors (Lipinski definition) is 2. The molecule has 1 heterocycles. The lowest BCUT2D eigenvalue weighted by Gasteiger charge is -2.39. The molecule has 25 heavy (non-hydrogen) atoms. The van der Waals surface area contributed by atoms with Gasteiger partial charge in [0.05, 0.1) is 11.4 Å². The number of hydrogen-bond acceptors (Lipinski definition) is 3. The maximum atomic E-state index is 12.8. The fourth-order valence-corrected chi connectivity index (χ4v) is 3.04. The van der Waals surface area contributed by atoms with Crippen LogP contribution >= 0.6 is 11.6 Å². The number of aryl methyl sites for hydroxylation is 1. The second-order valence-electron chi connectivity index (χ2n) is 6.67. The molecule has 0 radical (unpaired) electrons. The quantitative estimate of drug-likeness (QED) is 0.877. The number of carbonyl (C=O) groups excluding carboxylic acids is 2. The summed E-state index contributed by atoms with van der Waals surface area (Å²) in [5.41, 5.74) is 2.31. The lowest BCUT2D eigenvalue weighted by Crippen LogP contribution is -2.55. The van der Waals surface area contributed by atoms with Crippen molar-refractivity contribution in [2.45, 2.75) is 26.3 Å². The van der Waals surface area contributed by atoms with Crippen molar-refractivity contribution >= 4 is 40.5 Å². The monoisotopic (exact) mass is 357 g/mol. The first-order valence-corrected chi connectivity index (χ1v) is 8.41. The standard InChI is InChI=1S/C19H20ClN3O2/c1-12-8-9-13(20)10-15(12)21-17(24)11-23-16-7-5-4-6-14(16)22-19(2,3)18(23)25/h4-10,22H,11H2,1-3H3,(H,21,24). The van der Waals surface area contributed by atoms with Gasteiger partial charge in [-0.3, -0.25) is 14.5 Å². The van der Waals surface area contributed by atoms with Crippen LogP contribution in [0.1, 0.15) is 19.4 Å². The van der Waals surface area contributed by atoms with Crippen LogP contribution in [-0.2, 0) is 9.59 Å². The molecule has 0 aliphatic carbocycles. The van der Waals surface area contributed by atoms with Gasteiger partial charge in [-0.25, -0.2) is 0 Å². The molecule has 0 saturated heterocycles. The van der Waals surface area contributed by atoms with Gasteiger partial charge in [-0.1, -0.05) is 29.8 Å². The molecule has 3 rings (SSSR count). The van der Waals surface area contributed by atoms with Gasteiger partial charge < -0.3 is 10.6 Å². The normalized spacial score (nSPS) is 15.4. The fourth-order valence-electron chi connectivity index (χ4n) is 2.87. The Bertz CT molecular complexity index is 848. The first-order valence-electron chi connectivity index (χ1n) is 8.03. The number of nitrogens with one attached hydrogen (secondary N) is 2. The van der Waals surface area contributed by atoms with Crippen LogP contribution in [0, 0.1) is 6.92 Å². The van der Waals surface area contributed by atoms with Crippen molar-refractivity contribution in [1.29, 1.82) is 0 Å². The molecule has 0 bridgehead atoms. The van der Waals surface area contributed by atoms with Crippen LogP contribution in [0.2, 0.25) is 5.02 Å². The summed E-state index contributed by atoms with van der Waals surface area (Å²) in [6, 6.07) is 12.8. The summed E-state index contributed by atoms with van der Waals surface area (Å²) in [6.45, 7) is 5.43. The lowest BCUT2D eigenvalue weighted by molar-refractivity contribution is -0.124. The van der Waals surface area contributed by atoms with Gasteiger partial charge in [-0.2, -0.15) is 0 Å². The molecule has 2 amide bonds. The molecule has 2 N–H and O–H groups in total. The van der Waals surface area contributed by atoms with Gasteiger partial charge in [0.15, 0.2) is 0 Å². The molecule has 0 unspecified atom stereocenters. The van der Waals surface area contributed by atoms with Crippen molar-refractivity contribution in [3.63, 3.8) is 0 Å². The van der Waals surface area contributed by atoms with E-state index in [1.54, 1.807) is 26.0 Å². The highest BCUT2D eigenvalue weighted by Crippen LogP contribution is 2.34. The van der Waals surface area contributed by atoms with Gasteiger partial charge in [0.25, 0.3) is 5.91 Å². The number of para-hydroxylation sites is 2. The number of halogens is 1. The highest BCUT2D eigenvalue weighted by Gasteiger charge is 2.39. The van der Waals surface area contributed by atoms with Crippen molar-refractivity contribution in [3.8, 4) is 0 Å². The van der Waals surface area contributed by atoms with E-state index in [0.717, 1.165) is 11.3 Å². The topological polar surface area (TPSA) is 61.4 Å². The molecule has 2 aromatic carbocycles. The van der Waals surface area contributed by atoms with Gasteiger partial charge >= 0.3 is 0 Å². The van der Waals surface area contributed by atoms with E-state index in [-0.39, 0.29) is 18.4 Å². The van der Waals surface area contributed by atoms with E-state index < -0.39 is 5.54 Å². The Labute approximate surface area is 152 Å². The summed E-state index contributed by atoms with van der Waals surface area (Å²) in [5.74, 6) is -0.421. The van der Waals surface area contributed by atoms with Crippen LogP contribution in [0.25, 0.3) is 0 Å². The number of amides is 2. The molecule has 0 atom stereocenters. The Balaban J connectivity index is 1.85. The Morgan fingerprint density at radius 1 is 1.24 bits per heavy atom. The Morgan fingerprint density at radius 2 is 1.96 bits per heavy atom. The molecule has 0 saturated carbocycles. The molecule has 5 nitrogen and oxygen atoms in total. The van der Waals surface area contributed by atoms with Gasteiger partial charge in [0, 0.05) is 10.7 Å². The first kappa shape index (κ1) is 17.3. The summed E-state index contributed by atoms with van der Waals surface area (Å²) in [5, 5.41) is 6.60. The van der Waals surface area contributed by atoms with Crippen LogP contribution in [0.15, 0.2) is 42.5 Å². The van der Waals surface area contributed by atoms with Crippen molar-refractivity contribution in [2.75, 3.05) is 22.1 Å². The number of benzene rings is 2. The van der Waals surface area contributed by atoms with Gasteiger partial charge in [0.1, 0.15) is 12.1 Å². The minimum atomic E-state index is -0.777. The number of nitrogens with zero attached hydrogens (tertiary/aromatic N) is 1. The summed E-state index contributed by atoms with van der Waals surface area (Å²) in [7, 11) is 0. The van der Waals surface area contributed by atoms with E-state index in [0.29, 0.717) is 16.4 Å². The average molecular weight is 358 g/mol. The Morgan fingerprint density at radius 3 is 2.72 bits per heavy atom. The lowest BCUT2D eigenvalue weighted by atomic mass is 9.98. The number of anilines is 3. The SMILES string of the molecule is Cc1ccc(Cl)cc1NC(=O)CN1C(=O)C(C)(C)Nc2ccccc21. The van der Waals surface area contributed by atoms with E-state index in [4.69, 9.17) is 11.6 Å². The molecule has 0 aromatic heterocycles. The van der Waals surface area contributed by atoms with Crippen molar-refractivity contribution in [2.24, 2.45) is 0 Å².